The first-order valence-corrected chi connectivity index (χ1v) is 12.3. The van der Waals surface area contributed by atoms with Crippen LogP contribution in [0.25, 0.3) is 0 Å². The van der Waals surface area contributed by atoms with E-state index in [0.717, 1.165) is 13.0 Å². The third-order valence-corrected chi connectivity index (χ3v) is 1.70. The Kier molecular flexibility index (Phi) is 7.93. The van der Waals surface area contributed by atoms with Gasteiger partial charge in [0.25, 0.3) is 0 Å². The summed E-state index contributed by atoms with van der Waals surface area (Å²) in [4.78, 5) is 12.6. The molecule has 1 heterocycles. The molecule has 0 N–H and O–H groups in total. The average molecular weight is 418 g/mol. The molecule has 0 aliphatic carbocycles. The molecule has 1 aliphatic heterocycles. The second kappa shape index (κ2) is 6.97. The van der Waals surface area contributed by atoms with Gasteiger partial charge in [-0.15, -0.1) is 0 Å². The second-order valence-electron chi connectivity index (χ2n) is 2.51. The number of likely N-dealkylation sites (tertiary alicyclic amines) is 1. The fourth-order valence-corrected chi connectivity index (χ4v) is 0.997. The monoisotopic (exact) mass is 418 g/mol. The number of halogens is 2. The number of carbonyl (C=O) groups is 1. The second-order valence-corrected chi connectivity index (χ2v) is 14.3. The SMILES string of the molecule is CC1CCN(C)C1=O.[I][V][I]. The molecule has 0 aromatic heterocycles. The predicted molar refractivity (Wildman–Crippen MR) is 59.5 cm³/mol. The summed E-state index contributed by atoms with van der Waals surface area (Å²) in [7, 11) is 2.48. The van der Waals surface area contributed by atoms with Gasteiger partial charge in [-0.1, -0.05) is 6.92 Å². The molecule has 0 radical (unpaired) electrons. The Hall–Kier alpha value is 1.51. The number of nitrogens with zero attached hydrogens (tertiary/aromatic N) is 1. The van der Waals surface area contributed by atoms with E-state index in [0.29, 0.717) is 15.4 Å². The molecule has 0 saturated carbocycles. The Morgan fingerprint density at radius 1 is 1.64 bits per heavy atom. The van der Waals surface area contributed by atoms with Crippen LogP contribution in [0, 0.1) is 5.92 Å². The van der Waals surface area contributed by atoms with Crippen molar-refractivity contribution in [1.29, 1.82) is 0 Å². The van der Waals surface area contributed by atoms with Crippen molar-refractivity contribution >= 4 is 45.9 Å². The van der Waals surface area contributed by atoms with Gasteiger partial charge in [-0.3, -0.25) is 4.79 Å². The number of hydrogen-bond acceptors (Lipinski definition) is 1. The van der Waals surface area contributed by atoms with Crippen molar-refractivity contribution in [2.24, 2.45) is 5.92 Å². The maximum atomic E-state index is 10.8. The molecule has 0 aromatic rings. The van der Waals surface area contributed by atoms with E-state index in [1.54, 1.807) is 4.90 Å². The Morgan fingerprint density at radius 2 is 2.09 bits per heavy atom. The van der Waals surface area contributed by atoms with Gasteiger partial charge in [-0.2, -0.15) is 0 Å². The number of hydrogen-bond donors (Lipinski definition) is 0. The minimum atomic E-state index is 0.278. The van der Waals surface area contributed by atoms with Crippen LogP contribution in [0.3, 0.4) is 0 Å². The van der Waals surface area contributed by atoms with Crippen LogP contribution < -0.4 is 0 Å². The van der Waals surface area contributed by atoms with E-state index >= 15 is 0 Å². The van der Waals surface area contributed by atoms with E-state index in [9.17, 15) is 4.79 Å². The quantitative estimate of drug-likeness (QED) is 0.554. The van der Waals surface area contributed by atoms with Gasteiger partial charge in [0, 0.05) is 19.5 Å². The van der Waals surface area contributed by atoms with Crippen LogP contribution in [-0.4, -0.2) is 24.4 Å². The van der Waals surface area contributed by atoms with Crippen molar-refractivity contribution in [2.45, 2.75) is 13.3 Å². The molecule has 65 valence electrons. The van der Waals surface area contributed by atoms with Gasteiger partial charge in [-0.25, -0.2) is 0 Å². The predicted octanol–water partition coefficient (Wildman–Crippen LogP) is 2.25. The summed E-state index contributed by atoms with van der Waals surface area (Å²) in [5, 5.41) is 0. The molecule has 1 rings (SSSR count). The summed E-state index contributed by atoms with van der Waals surface area (Å²) < 4.78 is 0. The third kappa shape index (κ3) is 4.95. The van der Waals surface area contributed by atoms with Gasteiger partial charge >= 0.3 is 49.4 Å². The molecule has 1 aliphatic rings. The molecule has 1 fully saturated rings. The van der Waals surface area contributed by atoms with Crippen molar-refractivity contribution in [1.82, 2.24) is 4.90 Å². The molecule has 1 amide bonds. The molecular weight excluding hydrogens is 407 g/mol. The van der Waals surface area contributed by atoms with Crippen LogP contribution in [0.1, 0.15) is 13.3 Å². The molecule has 0 spiro atoms. The van der Waals surface area contributed by atoms with E-state index in [4.69, 9.17) is 0 Å². The molecule has 5 heteroatoms. The van der Waals surface area contributed by atoms with E-state index < -0.39 is 0 Å². The Labute approximate surface area is 96.7 Å². The van der Waals surface area contributed by atoms with Crippen LogP contribution in [0.4, 0.5) is 0 Å². The fourth-order valence-electron chi connectivity index (χ4n) is 0.997. The van der Waals surface area contributed by atoms with E-state index in [1.165, 1.54) is 0 Å². The standard InChI is InChI=1S/C6H11NO.2HI.V/c1-5-3-4-7(2)6(5)8;;;/h5H,3-4H2,1-2H3;2*1H;/q;;;+2/p-2. The number of amides is 1. The Morgan fingerprint density at radius 3 is 2.18 bits per heavy atom. The van der Waals surface area contributed by atoms with Crippen molar-refractivity contribution in [3.63, 3.8) is 0 Å². The summed E-state index contributed by atoms with van der Waals surface area (Å²) >= 11 is 4.74. The van der Waals surface area contributed by atoms with Crippen molar-refractivity contribution in [2.75, 3.05) is 13.6 Å². The number of carbonyl (C=O) groups excluding carboxylic acids is 1. The normalized spacial score (nSPS) is 22.7. The van der Waals surface area contributed by atoms with Crippen molar-refractivity contribution in [3.8, 4) is 0 Å². The summed E-state index contributed by atoms with van der Waals surface area (Å²) in [6.45, 7) is 2.92. The molecule has 11 heavy (non-hydrogen) atoms. The van der Waals surface area contributed by atoms with Crippen LogP contribution in [0.2, 0.25) is 0 Å². The van der Waals surface area contributed by atoms with Crippen molar-refractivity contribution < 1.29 is 14.3 Å². The van der Waals surface area contributed by atoms with E-state index in [2.05, 4.69) is 40.0 Å². The molecule has 0 bridgehead atoms. The van der Waals surface area contributed by atoms with Crippen LogP contribution in [0.5, 0.6) is 0 Å². The van der Waals surface area contributed by atoms with E-state index in [-0.39, 0.29) is 5.92 Å². The third-order valence-electron chi connectivity index (χ3n) is 1.70. The molecule has 0 aromatic carbocycles. The van der Waals surface area contributed by atoms with Gasteiger partial charge in [0.05, 0.1) is 0 Å². The average Bonchev–Trinajstić information content (AvgIpc) is 2.22. The summed E-state index contributed by atoms with van der Waals surface area (Å²) in [5.74, 6) is 0.574. The zero-order chi connectivity index (χ0) is 8.85. The maximum absolute atomic E-state index is 10.8. The van der Waals surface area contributed by atoms with Gasteiger partial charge in [0.2, 0.25) is 5.91 Å². The van der Waals surface area contributed by atoms with Gasteiger partial charge in [0.1, 0.15) is 0 Å². The Balaban J connectivity index is 0.000000292. The first-order chi connectivity index (χ1) is 5.13. The fraction of sp³-hybridized carbons (Fsp3) is 0.833. The summed E-state index contributed by atoms with van der Waals surface area (Å²) in [5.41, 5.74) is 0. The van der Waals surface area contributed by atoms with Gasteiger partial charge < -0.3 is 4.90 Å². The first-order valence-electron chi connectivity index (χ1n) is 3.30. The number of rotatable bonds is 0. The summed E-state index contributed by atoms with van der Waals surface area (Å²) in [6.07, 6.45) is 1.04. The molecule has 2 nitrogen and oxygen atoms in total. The molecule has 1 saturated heterocycles. The Bertz CT molecular complexity index is 122. The van der Waals surface area contributed by atoms with Crippen LogP contribution in [-0.2, 0) is 14.3 Å². The van der Waals surface area contributed by atoms with Crippen molar-refractivity contribution in [3.05, 3.63) is 0 Å². The van der Waals surface area contributed by atoms with Crippen LogP contribution in [0.15, 0.2) is 0 Å². The molecular formula is C6H11I2NOV. The zero-order valence-electron chi connectivity index (χ0n) is 6.55. The molecule has 1 unspecified atom stereocenters. The minimum absolute atomic E-state index is 0.278. The zero-order valence-corrected chi connectivity index (χ0v) is 12.3. The van der Waals surface area contributed by atoms with Gasteiger partial charge in [-0.05, 0) is 6.42 Å². The van der Waals surface area contributed by atoms with Crippen LogP contribution >= 0.6 is 40.0 Å². The first kappa shape index (κ1) is 12.5. The van der Waals surface area contributed by atoms with Gasteiger partial charge in [0.15, 0.2) is 0 Å². The topological polar surface area (TPSA) is 20.3 Å². The molecule has 1 atom stereocenters. The summed E-state index contributed by atoms with van der Waals surface area (Å²) in [6, 6.07) is 0. The van der Waals surface area contributed by atoms with E-state index in [1.807, 2.05) is 14.0 Å².